The number of benzene rings is 1. The maximum absolute atomic E-state index is 5.97. The number of nitrogen functional groups attached to an aromatic ring is 1. The van der Waals surface area contributed by atoms with Crippen LogP contribution in [0.1, 0.15) is 53.4 Å². The summed E-state index contributed by atoms with van der Waals surface area (Å²) in [4.78, 5) is 0. The Bertz CT molecular complexity index is 454. The standard InChI is InChI=1S/C17H28N2O/c1-12(2)20-16-9-13(18)8-15(10-16)19-14-6-5-7-17(3,4)11-14/h8-10,12,14,19H,5-7,11,18H2,1-4H3. The van der Waals surface area contributed by atoms with E-state index in [0.717, 1.165) is 17.1 Å². The summed E-state index contributed by atoms with van der Waals surface area (Å²) >= 11 is 0. The minimum Gasteiger partial charge on any atom is -0.491 e. The minimum atomic E-state index is 0.165. The van der Waals surface area contributed by atoms with Crippen LogP contribution in [0, 0.1) is 5.41 Å². The molecule has 1 saturated carbocycles. The fraction of sp³-hybridized carbons (Fsp3) is 0.647. The highest BCUT2D eigenvalue weighted by atomic mass is 16.5. The molecular weight excluding hydrogens is 248 g/mol. The monoisotopic (exact) mass is 276 g/mol. The van der Waals surface area contributed by atoms with E-state index in [1.165, 1.54) is 25.7 Å². The summed E-state index contributed by atoms with van der Waals surface area (Å²) in [5, 5.41) is 3.63. The molecule has 0 aliphatic heterocycles. The Morgan fingerprint density at radius 1 is 1.30 bits per heavy atom. The van der Waals surface area contributed by atoms with Gasteiger partial charge in [-0.2, -0.15) is 0 Å². The number of hydrogen-bond acceptors (Lipinski definition) is 3. The molecule has 0 aromatic heterocycles. The first-order chi connectivity index (χ1) is 9.34. The van der Waals surface area contributed by atoms with Gasteiger partial charge in [-0.25, -0.2) is 0 Å². The van der Waals surface area contributed by atoms with Crippen molar-refractivity contribution in [2.45, 2.75) is 65.5 Å². The number of nitrogens with two attached hydrogens (primary N) is 1. The maximum atomic E-state index is 5.97. The van der Waals surface area contributed by atoms with Gasteiger partial charge in [-0.15, -0.1) is 0 Å². The summed E-state index contributed by atoms with van der Waals surface area (Å²) in [6.45, 7) is 8.76. The van der Waals surface area contributed by atoms with E-state index in [-0.39, 0.29) is 6.10 Å². The van der Waals surface area contributed by atoms with Crippen LogP contribution in [0.3, 0.4) is 0 Å². The highest BCUT2D eigenvalue weighted by Gasteiger charge is 2.27. The average molecular weight is 276 g/mol. The molecular formula is C17H28N2O. The van der Waals surface area contributed by atoms with E-state index in [9.17, 15) is 0 Å². The zero-order chi connectivity index (χ0) is 14.8. The van der Waals surface area contributed by atoms with Crippen LogP contribution >= 0.6 is 0 Å². The lowest BCUT2D eigenvalue weighted by atomic mass is 9.75. The third-order valence-electron chi connectivity index (χ3n) is 3.88. The summed E-state index contributed by atoms with van der Waals surface area (Å²) in [6.07, 6.45) is 5.23. The zero-order valence-corrected chi connectivity index (χ0v) is 13.2. The number of hydrogen-bond donors (Lipinski definition) is 2. The van der Waals surface area contributed by atoms with Gasteiger partial charge >= 0.3 is 0 Å². The van der Waals surface area contributed by atoms with Crippen LogP contribution in [0.15, 0.2) is 18.2 Å². The molecule has 0 spiro atoms. The predicted molar refractivity (Wildman–Crippen MR) is 86.3 cm³/mol. The van der Waals surface area contributed by atoms with Gasteiger partial charge in [0, 0.05) is 29.5 Å². The highest BCUT2D eigenvalue weighted by Crippen LogP contribution is 2.36. The molecule has 1 fully saturated rings. The fourth-order valence-electron chi connectivity index (χ4n) is 3.10. The fourth-order valence-corrected chi connectivity index (χ4v) is 3.10. The molecule has 3 N–H and O–H groups in total. The summed E-state index contributed by atoms with van der Waals surface area (Å²) < 4.78 is 5.75. The summed E-state index contributed by atoms with van der Waals surface area (Å²) in [6, 6.07) is 6.47. The molecule has 0 amide bonds. The van der Waals surface area contributed by atoms with Crippen molar-refractivity contribution >= 4 is 11.4 Å². The molecule has 1 unspecified atom stereocenters. The van der Waals surface area contributed by atoms with E-state index in [1.54, 1.807) is 0 Å². The van der Waals surface area contributed by atoms with Crippen molar-refractivity contribution < 1.29 is 4.74 Å². The largest absolute Gasteiger partial charge is 0.491 e. The third kappa shape index (κ3) is 4.32. The number of rotatable bonds is 4. The lowest BCUT2D eigenvalue weighted by molar-refractivity contribution is 0.229. The summed E-state index contributed by atoms with van der Waals surface area (Å²) in [7, 11) is 0. The normalized spacial score (nSPS) is 21.8. The van der Waals surface area contributed by atoms with Gasteiger partial charge in [0.05, 0.1) is 6.10 Å². The van der Waals surface area contributed by atoms with Gasteiger partial charge in [0.25, 0.3) is 0 Å². The number of nitrogens with one attached hydrogen (secondary N) is 1. The van der Waals surface area contributed by atoms with Crippen LogP contribution in [-0.4, -0.2) is 12.1 Å². The second kappa shape index (κ2) is 5.94. The molecule has 0 bridgehead atoms. The van der Waals surface area contributed by atoms with Crippen LogP contribution in [0.25, 0.3) is 0 Å². The van der Waals surface area contributed by atoms with Gasteiger partial charge in [-0.05, 0) is 44.6 Å². The molecule has 112 valence electrons. The molecule has 0 saturated heterocycles. The second-order valence-corrected chi connectivity index (χ2v) is 7.06. The van der Waals surface area contributed by atoms with E-state index in [2.05, 4.69) is 25.2 Å². The highest BCUT2D eigenvalue weighted by molar-refractivity contribution is 5.59. The summed E-state index contributed by atoms with van der Waals surface area (Å²) in [5.74, 6) is 0.845. The lowest BCUT2D eigenvalue weighted by Crippen LogP contribution is -2.31. The Hall–Kier alpha value is -1.38. The van der Waals surface area contributed by atoms with Crippen molar-refractivity contribution in [3.8, 4) is 5.75 Å². The number of anilines is 2. The number of ether oxygens (including phenoxy) is 1. The third-order valence-corrected chi connectivity index (χ3v) is 3.88. The maximum Gasteiger partial charge on any atom is 0.123 e. The Morgan fingerprint density at radius 2 is 2.05 bits per heavy atom. The molecule has 1 aliphatic rings. The molecule has 1 aromatic rings. The van der Waals surface area contributed by atoms with Gasteiger partial charge < -0.3 is 15.8 Å². The zero-order valence-electron chi connectivity index (χ0n) is 13.2. The average Bonchev–Trinajstić information content (AvgIpc) is 2.25. The Balaban J connectivity index is 2.07. The van der Waals surface area contributed by atoms with E-state index in [4.69, 9.17) is 10.5 Å². The topological polar surface area (TPSA) is 47.3 Å². The van der Waals surface area contributed by atoms with Crippen molar-refractivity contribution in [2.75, 3.05) is 11.1 Å². The van der Waals surface area contributed by atoms with E-state index < -0.39 is 0 Å². The van der Waals surface area contributed by atoms with Crippen LogP contribution in [0.4, 0.5) is 11.4 Å². The molecule has 1 aromatic carbocycles. The summed E-state index contributed by atoms with van der Waals surface area (Å²) in [5.41, 5.74) is 8.23. The SMILES string of the molecule is CC(C)Oc1cc(N)cc(NC2CCCC(C)(C)C2)c1. The van der Waals surface area contributed by atoms with E-state index >= 15 is 0 Å². The van der Waals surface area contributed by atoms with Crippen molar-refractivity contribution in [3.63, 3.8) is 0 Å². The molecule has 20 heavy (non-hydrogen) atoms. The van der Waals surface area contributed by atoms with E-state index in [1.807, 2.05) is 26.0 Å². The first-order valence-electron chi connectivity index (χ1n) is 7.68. The first kappa shape index (κ1) is 15.0. The first-order valence-corrected chi connectivity index (χ1v) is 7.68. The molecule has 3 nitrogen and oxygen atoms in total. The minimum absolute atomic E-state index is 0.165. The smallest absolute Gasteiger partial charge is 0.123 e. The van der Waals surface area contributed by atoms with Crippen molar-refractivity contribution in [1.82, 2.24) is 0 Å². The quantitative estimate of drug-likeness (QED) is 0.799. The van der Waals surface area contributed by atoms with Crippen LogP contribution in [-0.2, 0) is 0 Å². The molecule has 2 rings (SSSR count). The molecule has 1 atom stereocenters. The molecule has 1 aliphatic carbocycles. The van der Waals surface area contributed by atoms with E-state index in [0.29, 0.717) is 11.5 Å². The van der Waals surface area contributed by atoms with Crippen LogP contribution in [0.5, 0.6) is 5.75 Å². The van der Waals surface area contributed by atoms with Gasteiger partial charge in [-0.3, -0.25) is 0 Å². The van der Waals surface area contributed by atoms with Gasteiger partial charge in [-0.1, -0.05) is 20.3 Å². The van der Waals surface area contributed by atoms with Gasteiger partial charge in [0.1, 0.15) is 5.75 Å². The molecule has 0 radical (unpaired) electrons. The second-order valence-electron chi connectivity index (χ2n) is 7.06. The van der Waals surface area contributed by atoms with Crippen LogP contribution < -0.4 is 15.8 Å². The van der Waals surface area contributed by atoms with Crippen molar-refractivity contribution in [3.05, 3.63) is 18.2 Å². The molecule has 0 heterocycles. The van der Waals surface area contributed by atoms with Gasteiger partial charge in [0.15, 0.2) is 0 Å². The Morgan fingerprint density at radius 3 is 2.70 bits per heavy atom. The predicted octanol–water partition coefficient (Wildman–Crippen LogP) is 4.44. The van der Waals surface area contributed by atoms with Crippen molar-refractivity contribution in [2.24, 2.45) is 5.41 Å². The van der Waals surface area contributed by atoms with Gasteiger partial charge in [0.2, 0.25) is 0 Å². The Labute approximate surface area is 122 Å². The van der Waals surface area contributed by atoms with Crippen molar-refractivity contribution in [1.29, 1.82) is 0 Å². The Kier molecular flexibility index (Phi) is 4.46. The molecule has 3 heteroatoms. The van der Waals surface area contributed by atoms with Crippen LogP contribution in [0.2, 0.25) is 0 Å². The lowest BCUT2D eigenvalue weighted by Gasteiger charge is -2.36.